The third kappa shape index (κ3) is 3.85. The van der Waals surface area contributed by atoms with E-state index in [2.05, 4.69) is 10.1 Å². The topological polar surface area (TPSA) is 47.8 Å². The Kier molecular flexibility index (Phi) is 4.66. The zero-order chi connectivity index (χ0) is 18.7. The van der Waals surface area contributed by atoms with Crippen molar-refractivity contribution >= 4 is 11.9 Å². The van der Waals surface area contributed by atoms with Crippen molar-refractivity contribution in [3.05, 3.63) is 83.7 Å². The molecule has 0 aliphatic carbocycles. The van der Waals surface area contributed by atoms with E-state index in [1.54, 1.807) is 6.07 Å². The Labute approximate surface area is 145 Å². The maximum Gasteiger partial charge on any atom is 0.416 e. The lowest BCUT2D eigenvalue weighted by Gasteiger charge is -2.07. The summed E-state index contributed by atoms with van der Waals surface area (Å²) in [6.07, 6.45) is 0.503. The number of alkyl halides is 3. The molecule has 132 valence electrons. The maximum atomic E-state index is 14.1. The number of nitrogens with zero attached hydrogens (tertiary/aromatic N) is 3. The average molecular weight is 361 g/mol. The molecule has 26 heavy (non-hydrogen) atoms. The van der Waals surface area contributed by atoms with E-state index in [4.69, 9.17) is 0 Å². The van der Waals surface area contributed by atoms with E-state index >= 15 is 0 Å². The fourth-order valence-corrected chi connectivity index (χ4v) is 2.26. The van der Waals surface area contributed by atoms with Crippen LogP contribution in [0.15, 0.2) is 61.2 Å². The van der Waals surface area contributed by atoms with Gasteiger partial charge in [-0.2, -0.15) is 18.3 Å². The molecule has 0 unspecified atom stereocenters. The molecule has 1 heterocycles. The SMILES string of the molecule is O=C(/C=C\c1ccc(-n2cncn2)c(F)c1)c1cccc(C(F)(F)F)c1. The number of aromatic nitrogens is 3. The van der Waals surface area contributed by atoms with Crippen molar-refractivity contribution in [1.82, 2.24) is 14.8 Å². The van der Waals surface area contributed by atoms with E-state index in [1.807, 2.05) is 0 Å². The fourth-order valence-electron chi connectivity index (χ4n) is 2.26. The van der Waals surface area contributed by atoms with Gasteiger partial charge in [0.15, 0.2) is 5.78 Å². The summed E-state index contributed by atoms with van der Waals surface area (Å²) in [5.74, 6) is -1.19. The first-order chi connectivity index (χ1) is 12.3. The Balaban J connectivity index is 1.80. The molecule has 0 bridgehead atoms. The lowest BCUT2D eigenvalue weighted by molar-refractivity contribution is -0.137. The van der Waals surface area contributed by atoms with Crippen LogP contribution in [-0.4, -0.2) is 20.5 Å². The van der Waals surface area contributed by atoms with Crippen LogP contribution in [0.3, 0.4) is 0 Å². The minimum Gasteiger partial charge on any atom is -0.289 e. The van der Waals surface area contributed by atoms with Gasteiger partial charge in [0.05, 0.1) is 5.56 Å². The van der Waals surface area contributed by atoms with Gasteiger partial charge >= 0.3 is 6.18 Å². The van der Waals surface area contributed by atoms with Crippen molar-refractivity contribution in [3.8, 4) is 5.69 Å². The van der Waals surface area contributed by atoms with Crippen molar-refractivity contribution in [2.45, 2.75) is 6.18 Å². The summed E-state index contributed by atoms with van der Waals surface area (Å²) in [6.45, 7) is 0. The molecule has 0 amide bonds. The Hall–Kier alpha value is -3.29. The van der Waals surface area contributed by atoms with Crippen molar-refractivity contribution in [2.75, 3.05) is 0 Å². The fraction of sp³-hybridized carbons (Fsp3) is 0.0556. The first-order valence-electron chi connectivity index (χ1n) is 7.39. The average Bonchev–Trinajstić information content (AvgIpc) is 3.13. The van der Waals surface area contributed by atoms with Gasteiger partial charge < -0.3 is 0 Å². The Morgan fingerprint density at radius 1 is 1.12 bits per heavy atom. The summed E-state index contributed by atoms with van der Waals surface area (Å²) in [5.41, 5.74) is -0.439. The number of hydrogen-bond acceptors (Lipinski definition) is 3. The van der Waals surface area contributed by atoms with Gasteiger partial charge in [0.1, 0.15) is 24.2 Å². The molecular weight excluding hydrogens is 350 g/mol. The van der Waals surface area contributed by atoms with Crippen LogP contribution in [0.25, 0.3) is 11.8 Å². The summed E-state index contributed by atoms with van der Waals surface area (Å²) in [4.78, 5) is 15.8. The van der Waals surface area contributed by atoms with E-state index in [0.29, 0.717) is 5.56 Å². The van der Waals surface area contributed by atoms with Gasteiger partial charge in [-0.05, 0) is 35.9 Å². The molecule has 3 rings (SSSR count). The number of carbonyl (C=O) groups excluding carboxylic acids is 1. The van der Waals surface area contributed by atoms with Crippen LogP contribution in [-0.2, 0) is 6.18 Å². The van der Waals surface area contributed by atoms with Gasteiger partial charge in [0.2, 0.25) is 0 Å². The molecule has 3 aromatic rings. The van der Waals surface area contributed by atoms with E-state index < -0.39 is 23.3 Å². The molecule has 0 saturated heterocycles. The molecule has 0 atom stereocenters. The van der Waals surface area contributed by atoms with E-state index in [0.717, 1.165) is 24.3 Å². The molecule has 2 aromatic carbocycles. The minimum atomic E-state index is -4.53. The highest BCUT2D eigenvalue weighted by Crippen LogP contribution is 2.29. The second-order valence-corrected chi connectivity index (χ2v) is 5.33. The number of rotatable bonds is 4. The zero-order valence-corrected chi connectivity index (χ0v) is 13.1. The molecule has 4 nitrogen and oxygen atoms in total. The highest BCUT2D eigenvalue weighted by atomic mass is 19.4. The van der Waals surface area contributed by atoms with Gasteiger partial charge in [-0.15, -0.1) is 0 Å². The number of hydrogen-bond donors (Lipinski definition) is 0. The quantitative estimate of drug-likeness (QED) is 0.395. The molecule has 0 spiro atoms. The minimum absolute atomic E-state index is 0.101. The normalized spacial score (nSPS) is 11.8. The molecular formula is C18H11F4N3O. The second kappa shape index (κ2) is 6.91. The summed E-state index contributed by atoms with van der Waals surface area (Å²) < 4.78 is 53.5. The Morgan fingerprint density at radius 3 is 2.58 bits per heavy atom. The molecule has 0 fully saturated rings. The van der Waals surface area contributed by atoms with Gasteiger partial charge in [0.25, 0.3) is 0 Å². The van der Waals surface area contributed by atoms with Crippen LogP contribution in [0.2, 0.25) is 0 Å². The summed E-state index contributed by atoms with van der Waals surface area (Å²) in [6, 6.07) is 8.31. The van der Waals surface area contributed by atoms with Crippen molar-refractivity contribution in [1.29, 1.82) is 0 Å². The zero-order valence-electron chi connectivity index (χ0n) is 13.1. The highest BCUT2D eigenvalue weighted by Gasteiger charge is 2.30. The predicted octanol–water partition coefficient (Wildman–Crippen LogP) is 4.32. The monoisotopic (exact) mass is 361 g/mol. The number of allylic oxidation sites excluding steroid dienone is 1. The van der Waals surface area contributed by atoms with Crippen molar-refractivity contribution < 1.29 is 22.4 Å². The van der Waals surface area contributed by atoms with Gasteiger partial charge in [-0.3, -0.25) is 4.79 Å². The van der Waals surface area contributed by atoms with Crippen LogP contribution in [0, 0.1) is 5.82 Å². The lowest BCUT2D eigenvalue weighted by atomic mass is 10.1. The van der Waals surface area contributed by atoms with Gasteiger partial charge in [-0.25, -0.2) is 14.1 Å². The first-order valence-corrected chi connectivity index (χ1v) is 7.39. The van der Waals surface area contributed by atoms with Crippen molar-refractivity contribution in [3.63, 3.8) is 0 Å². The number of carbonyl (C=O) groups is 1. The Bertz CT molecular complexity index is 963. The number of halogens is 4. The maximum absolute atomic E-state index is 14.1. The highest BCUT2D eigenvalue weighted by molar-refractivity contribution is 6.06. The van der Waals surface area contributed by atoms with Crippen molar-refractivity contribution in [2.24, 2.45) is 0 Å². The van der Waals surface area contributed by atoms with Crippen LogP contribution in [0.4, 0.5) is 17.6 Å². The molecule has 8 heteroatoms. The van der Waals surface area contributed by atoms with E-state index in [9.17, 15) is 22.4 Å². The van der Waals surface area contributed by atoms with Crippen LogP contribution in [0.1, 0.15) is 21.5 Å². The number of benzene rings is 2. The second-order valence-electron chi connectivity index (χ2n) is 5.33. The number of ketones is 1. The molecule has 1 aromatic heterocycles. The first kappa shape index (κ1) is 17.5. The predicted molar refractivity (Wildman–Crippen MR) is 86.1 cm³/mol. The lowest BCUT2D eigenvalue weighted by Crippen LogP contribution is -2.06. The third-order valence-electron chi connectivity index (χ3n) is 3.54. The van der Waals surface area contributed by atoms with E-state index in [1.165, 1.54) is 41.6 Å². The summed E-state index contributed by atoms with van der Waals surface area (Å²) in [5, 5.41) is 3.82. The van der Waals surface area contributed by atoms with Crippen LogP contribution >= 0.6 is 0 Å². The van der Waals surface area contributed by atoms with Crippen LogP contribution < -0.4 is 0 Å². The molecule has 0 radical (unpaired) electrons. The van der Waals surface area contributed by atoms with Crippen LogP contribution in [0.5, 0.6) is 0 Å². The largest absolute Gasteiger partial charge is 0.416 e. The standard InChI is InChI=1S/C18H11F4N3O/c19-15-8-12(4-6-16(15)25-11-23-10-24-25)5-7-17(26)13-2-1-3-14(9-13)18(20,21)22/h1-11H/b7-5-. The van der Waals surface area contributed by atoms with Gasteiger partial charge in [-0.1, -0.05) is 24.3 Å². The summed E-state index contributed by atoms with van der Waals surface area (Å²) in [7, 11) is 0. The Morgan fingerprint density at radius 2 is 1.92 bits per heavy atom. The molecule has 0 aliphatic heterocycles. The molecule has 0 aliphatic rings. The van der Waals surface area contributed by atoms with E-state index in [-0.39, 0.29) is 11.3 Å². The third-order valence-corrected chi connectivity index (χ3v) is 3.54. The summed E-state index contributed by atoms with van der Waals surface area (Å²) >= 11 is 0. The molecule has 0 N–H and O–H groups in total. The van der Waals surface area contributed by atoms with Gasteiger partial charge in [0, 0.05) is 5.56 Å². The smallest absolute Gasteiger partial charge is 0.289 e. The molecule has 0 saturated carbocycles.